The highest BCUT2D eigenvalue weighted by molar-refractivity contribution is 6.11. The molecule has 0 bridgehead atoms. The Bertz CT molecular complexity index is 889. The minimum absolute atomic E-state index is 0.0168. The molecule has 7 nitrogen and oxygen atoms in total. The Labute approximate surface area is 176 Å². The Kier molecular flexibility index (Phi) is 5.64. The van der Waals surface area contributed by atoms with Crippen molar-refractivity contribution in [3.63, 3.8) is 0 Å². The number of ketones is 1. The van der Waals surface area contributed by atoms with Gasteiger partial charge in [0, 0.05) is 13.7 Å². The molecule has 0 N–H and O–H groups in total. The first-order chi connectivity index (χ1) is 14.5. The van der Waals surface area contributed by atoms with Crippen LogP contribution >= 0.6 is 0 Å². The molecule has 1 amide bonds. The van der Waals surface area contributed by atoms with Crippen molar-refractivity contribution in [2.45, 2.75) is 38.3 Å². The number of ether oxygens (including phenoxy) is 3. The minimum Gasteiger partial charge on any atom is -0.483 e. The Hall–Kier alpha value is -2.67. The molecular weight excluding hydrogens is 386 g/mol. The van der Waals surface area contributed by atoms with Crippen LogP contribution in [0.15, 0.2) is 35.6 Å². The zero-order chi connectivity index (χ0) is 21.4. The van der Waals surface area contributed by atoms with E-state index in [0.29, 0.717) is 30.2 Å². The van der Waals surface area contributed by atoms with Crippen LogP contribution in [0.2, 0.25) is 0 Å². The number of nitrogens with zero attached hydrogens (tertiary/aromatic N) is 1. The molecule has 4 atom stereocenters. The van der Waals surface area contributed by atoms with Crippen molar-refractivity contribution in [1.29, 1.82) is 0 Å². The van der Waals surface area contributed by atoms with E-state index < -0.39 is 12.0 Å². The number of carbonyl (C=O) groups is 3. The van der Waals surface area contributed by atoms with E-state index in [1.165, 1.54) is 7.11 Å². The van der Waals surface area contributed by atoms with E-state index in [-0.39, 0.29) is 29.5 Å². The molecule has 0 radical (unpaired) electrons. The summed E-state index contributed by atoms with van der Waals surface area (Å²) in [6.45, 7) is 2.84. The highest BCUT2D eigenvalue weighted by Crippen LogP contribution is 2.47. The molecular formula is C23H27NO6. The zero-order valence-corrected chi connectivity index (χ0v) is 17.6. The van der Waals surface area contributed by atoms with Crippen molar-refractivity contribution in [2.24, 2.45) is 11.8 Å². The van der Waals surface area contributed by atoms with Crippen molar-refractivity contribution in [3.8, 4) is 0 Å². The second kappa shape index (κ2) is 8.22. The Morgan fingerprint density at radius 3 is 2.57 bits per heavy atom. The lowest BCUT2D eigenvalue weighted by Gasteiger charge is -2.37. The van der Waals surface area contributed by atoms with Crippen LogP contribution in [0.5, 0.6) is 0 Å². The maximum Gasteiger partial charge on any atom is 0.337 e. The van der Waals surface area contributed by atoms with Gasteiger partial charge in [-0.15, -0.1) is 0 Å². The van der Waals surface area contributed by atoms with Crippen LogP contribution in [0.1, 0.15) is 48.1 Å². The van der Waals surface area contributed by atoms with E-state index >= 15 is 0 Å². The van der Waals surface area contributed by atoms with Crippen LogP contribution < -0.4 is 0 Å². The van der Waals surface area contributed by atoms with Crippen LogP contribution in [0, 0.1) is 11.8 Å². The summed E-state index contributed by atoms with van der Waals surface area (Å²) in [6.07, 6.45) is 2.34. The van der Waals surface area contributed by atoms with Crippen LogP contribution in [0.4, 0.5) is 0 Å². The third kappa shape index (κ3) is 3.41. The van der Waals surface area contributed by atoms with Crippen molar-refractivity contribution in [1.82, 2.24) is 4.90 Å². The summed E-state index contributed by atoms with van der Waals surface area (Å²) >= 11 is 0. The number of benzene rings is 1. The first-order valence-corrected chi connectivity index (χ1v) is 10.4. The quantitative estimate of drug-likeness (QED) is 0.691. The molecule has 2 aliphatic heterocycles. The molecule has 2 heterocycles. The smallest absolute Gasteiger partial charge is 0.337 e. The summed E-state index contributed by atoms with van der Waals surface area (Å²) in [5.41, 5.74) is 1.62. The van der Waals surface area contributed by atoms with Gasteiger partial charge in [0.15, 0.2) is 11.5 Å². The molecule has 0 saturated heterocycles. The van der Waals surface area contributed by atoms with Gasteiger partial charge in [0.2, 0.25) is 0 Å². The minimum atomic E-state index is -0.542. The van der Waals surface area contributed by atoms with Gasteiger partial charge in [-0.1, -0.05) is 19.1 Å². The molecule has 1 aliphatic carbocycles. The third-order valence-corrected chi connectivity index (χ3v) is 6.39. The fourth-order valence-corrected chi connectivity index (χ4v) is 4.81. The van der Waals surface area contributed by atoms with Gasteiger partial charge in [0.25, 0.3) is 5.91 Å². The molecule has 1 aromatic rings. The van der Waals surface area contributed by atoms with Crippen molar-refractivity contribution in [3.05, 3.63) is 46.7 Å². The molecule has 0 spiro atoms. The van der Waals surface area contributed by atoms with Crippen molar-refractivity contribution < 1.29 is 28.6 Å². The molecule has 4 unspecified atom stereocenters. The molecule has 4 rings (SSSR count). The van der Waals surface area contributed by atoms with Gasteiger partial charge in [-0.25, -0.2) is 4.79 Å². The standard InChI is InChI=1S/C23H27NO6/c1-13-4-9-17-16(12-13)20(25)18-19(14-5-7-15(8-6-14)23(27)29-3)24(10-11-28-2)22(26)21(18)30-17/h5-8,13,16-17,19H,4,9-12H2,1-3H3. The van der Waals surface area contributed by atoms with Crippen LogP contribution in [-0.2, 0) is 23.8 Å². The maximum absolute atomic E-state index is 13.5. The predicted octanol–water partition coefficient (Wildman–Crippen LogP) is 2.66. The number of methoxy groups -OCH3 is 2. The van der Waals surface area contributed by atoms with Gasteiger partial charge in [0.1, 0.15) is 6.10 Å². The average Bonchev–Trinajstić information content (AvgIpc) is 3.04. The molecule has 1 saturated carbocycles. The molecule has 1 fully saturated rings. The number of amides is 1. The van der Waals surface area contributed by atoms with Crippen molar-refractivity contribution >= 4 is 17.7 Å². The van der Waals surface area contributed by atoms with Gasteiger partial charge in [-0.2, -0.15) is 0 Å². The SMILES string of the molecule is COCCN1C(=O)C2=C(C(=O)C3CC(C)CCC3O2)C1c1ccc(C(=O)OC)cc1. The summed E-state index contributed by atoms with van der Waals surface area (Å²) in [5.74, 6) is -0.247. The summed E-state index contributed by atoms with van der Waals surface area (Å²) in [7, 11) is 2.90. The second-order valence-electron chi connectivity index (χ2n) is 8.30. The third-order valence-electron chi connectivity index (χ3n) is 6.39. The molecule has 160 valence electrons. The van der Waals surface area contributed by atoms with Gasteiger partial charge < -0.3 is 19.1 Å². The summed E-state index contributed by atoms with van der Waals surface area (Å²) < 4.78 is 16.1. The van der Waals surface area contributed by atoms with Crippen LogP contribution in [0.25, 0.3) is 0 Å². The maximum atomic E-state index is 13.5. The topological polar surface area (TPSA) is 82.1 Å². The summed E-state index contributed by atoms with van der Waals surface area (Å²) in [4.78, 5) is 40.2. The normalized spacial score (nSPS) is 28.2. The highest BCUT2D eigenvalue weighted by Gasteiger charge is 2.52. The monoisotopic (exact) mass is 413 g/mol. The lowest BCUT2D eigenvalue weighted by atomic mass is 9.74. The number of fused-ring (bicyclic) bond motifs is 1. The zero-order valence-electron chi connectivity index (χ0n) is 17.6. The van der Waals surface area contributed by atoms with Gasteiger partial charge >= 0.3 is 5.97 Å². The fraction of sp³-hybridized carbons (Fsp3) is 0.522. The van der Waals surface area contributed by atoms with E-state index in [1.54, 1.807) is 36.3 Å². The molecule has 3 aliphatic rings. The van der Waals surface area contributed by atoms with E-state index in [1.807, 2.05) is 0 Å². The second-order valence-corrected chi connectivity index (χ2v) is 8.30. The van der Waals surface area contributed by atoms with E-state index in [0.717, 1.165) is 24.8 Å². The van der Waals surface area contributed by atoms with E-state index in [2.05, 4.69) is 6.92 Å². The number of carbonyl (C=O) groups excluding carboxylic acids is 3. The number of Topliss-reactive ketones (excluding diaryl/α,β-unsaturated/α-hetero) is 1. The molecule has 30 heavy (non-hydrogen) atoms. The number of hydrogen-bond donors (Lipinski definition) is 0. The number of hydrogen-bond acceptors (Lipinski definition) is 6. The lowest BCUT2D eigenvalue weighted by Crippen LogP contribution is -2.41. The lowest BCUT2D eigenvalue weighted by molar-refractivity contribution is -0.136. The van der Waals surface area contributed by atoms with Gasteiger partial charge in [-0.3, -0.25) is 9.59 Å². The highest BCUT2D eigenvalue weighted by atomic mass is 16.5. The molecule has 0 aromatic heterocycles. The number of rotatable bonds is 5. The Morgan fingerprint density at radius 2 is 1.90 bits per heavy atom. The van der Waals surface area contributed by atoms with Crippen LogP contribution in [0.3, 0.4) is 0 Å². The first-order valence-electron chi connectivity index (χ1n) is 10.4. The Morgan fingerprint density at radius 1 is 1.17 bits per heavy atom. The van der Waals surface area contributed by atoms with Gasteiger partial charge in [-0.05, 0) is 42.9 Å². The predicted molar refractivity (Wildman–Crippen MR) is 108 cm³/mol. The summed E-state index contributed by atoms with van der Waals surface area (Å²) in [6, 6.07) is 6.29. The molecule has 7 heteroatoms. The van der Waals surface area contributed by atoms with Gasteiger partial charge in [0.05, 0.1) is 36.8 Å². The summed E-state index contributed by atoms with van der Waals surface area (Å²) in [5, 5.41) is 0. The fourth-order valence-electron chi connectivity index (χ4n) is 4.81. The van der Waals surface area contributed by atoms with Crippen LogP contribution in [-0.4, -0.2) is 56.0 Å². The number of esters is 1. The largest absolute Gasteiger partial charge is 0.483 e. The van der Waals surface area contributed by atoms with E-state index in [4.69, 9.17) is 14.2 Å². The molecule has 1 aromatic carbocycles. The van der Waals surface area contributed by atoms with E-state index in [9.17, 15) is 14.4 Å². The average molecular weight is 413 g/mol. The first kappa shape index (κ1) is 20.6. The van der Waals surface area contributed by atoms with Crippen molar-refractivity contribution in [2.75, 3.05) is 27.4 Å². The Balaban J connectivity index is 1.73.